The summed E-state index contributed by atoms with van der Waals surface area (Å²) in [6.45, 7) is 6.55. The van der Waals surface area contributed by atoms with Crippen LogP contribution in [-0.4, -0.2) is 58.6 Å². The second kappa shape index (κ2) is 8.58. The molecule has 1 aromatic heterocycles. The van der Waals surface area contributed by atoms with Crippen LogP contribution in [0.4, 0.5) is 0 Å². The van der Waals surface area contributed by atoms with Gasteiger partial charge in [-0.3, -0.25) is 4.79 Å². The number of rotatable bonds is 6. The van der Waals surface area contributed by atoms with Crippen LogP contribution in [0.15, 0.2) is 17.8 Å². The Hall–Kier alpha value is -1.73. The van der Waals surface area contributed by atoms with Gasteiger partial charge in [-0.15, -0.1) is 0 Å². The maximum Gasteiger partial charge on any atom is 0.227 e. The number of hydrogen-bond donors (Lipinski definition) is 1. The average molecular weight is 347 g/mol. The molecule has 1 saturated heterocycles. The van der Waals surface area contributed by atoms with Crippen molar-refractivity contribution in [2.75, 3.05) is 32.8 Å². The number of amides is 1. The van der Waals surface area contributed by atoms with Crippen LogP contribution in [0, 0.1) is 11.8 Å². The molecule has 3 heterocycles. The fourth-order valence-electron chi connectivity index (χ4n) is 3.73. The lowest BCUT2D eigenvalue weighted by atomic mass is 9.84. The van der Waals surface area contributed by atoms with Crippen molar-refractivity contribution in [1.82, 2.24) is 25.2 Å². The van der Waals surface area contributed by atoms with E-state index < -0.39 is 0 Å². The van der Waals surface area contributed by atoms with E-state index in [2.05, 4.69) is 28.5 Å². The number of nitrogens with one attached hydrogen (secondary N) is 1. The molecule has 25 heavy (non-hydrogen) atoms. The lowest BCUT2D eigenvalue weighted by Gasteiger charge is -2.35. The highest BCUT2D eigenvalue weighted by Crippen LogP contribution is 2.26. The van der Waals surface area contributed by atoms with Crippen molar-refractivity contribution in [2.45, 2.75) is 32.7 Å². The number of nitrogens with zero attached hydrogens (tertiary/aromatic N) is 4. The molecule has 1 fully saturated rings. The number of carbonyl (C=O) groups is 1. The Balaban J connectivity index is 1.61. The molecule has 3 rings (SSSR count). The molecule has 1 unspecified atom stereocenters. The molecular formula is C18H29N5O2. The van der Waals surface area contributed by atoms with Crippen molar-refractivity contribution in [1.29, 1.82) is 0 Å². The topological polar surface area (TPSA) is 72.3 Å². The van der Waals surface area contributed by atoms with Gasteiger partial charge in [-0.2, -0.15) is 15.0 Å². The van der Waals surface area contributed by atoms with Crippen LogP contribution in [0.25, 0.3) is 0 Å². The van der Waals surface area contributed by atoms with Crippen molar-refractivity contribution >= 4 is 5.91 Å². The predicted molar refractivity (Wildman–Crippen MR) is 94.7 cm³/mol. The number of ether oxygens (including phenoxy) is 1. The van der Waals surface area contributed by atoms with Gasteiger partial charge in [0.15, 0.2) is 0 Å². The molecule has 1 N–H and O–H groups in total. The van der Waals surface area contributed by atoms with E-state index in [9.17, 15) is 4.79 Å². The third-order valence-corrected chi connectivity index (χ3v) is 5.11. The number of aromatic nitrogens is 3. The minimum absolute atomic E-state index is 0.00599. The van der Waals surface area contributed by atoms with Crippen LogP contribution in [0.5, 0.6) is 0 Å². The number of carbonyl (C=O) groups excluding carboxylic acids is 1. The van der Waals surface area contributed by atoms with E-state index in [1.165, 1.54) is 5.57 Å². The summed E-state index contributed by atoms with van der Waals surface area (Å²) in [7, 11) is 1.81. The van der Waals surface area contributed by atoms with Crippen molar-refractivity contribution in [3.8, 4) is 0 Å². The quantitative estimate of drug-likeness (QED) is 0.781. The highest BCUT2D eigenvalue weighted by Gasteiger charge is 2.33. The second-order valence-electron chi connectivity index (χ2n) is 7.11. The monoisotopic (exact) mass is 347 g/mol. The van der Waals surface area contributed by atoms with Gasteiger partial charge in [-0.25, -0.2) is 0 Å². The summed E-state index contributed by atoms with van der Waals surface area (Å²) in [5, 5.41) is 11.8. The van der Waals surface area contributed by atoms with E-state index in [1.54, 1.807) is 11.0 Å². The van der Waals surface area contributed by atoms with E-state index in [4.69, 9.17) is 4.74 Å². The number of hydrogen-bond acceptors (Lipinski definition) is 5. The Bertz CT molecular complexity index is 606. The summed E-state index contributed by atoms with van der Waals surface area (Å²) >= 11 is 0. The molecule has 2 aliphatic rings. The van der Waals surface area contributed by atoms with Crippen LogP contribution >= 0.6 is 0 Å². The third kappa shape index (κ3) is 4.89. The number of aryl methyl sites for hydroxylation is 1. The van der Waals surface area contributed by atoms with Gasteiger partial charge in [-0.05, 0) is 32.1 Å². The van der Waals surface area contributed by atoms with E-state index >= 15 is 0 Å². The summed E-state index contributed by atoms with van der Waals surface area (Å²) in [5.41, 5.74) is 2.19. The van der Waals surface area contributed by atoms with E-state index in [-0.39, 0.29) is 11.8 Å². The molecule has 1 aromatic rings. The second-order valence-corrected chi connectivity index (χ2v) is 7.11. The van der Waals surface area contributed by atoms with Gasteiger partial charge >= 0.3 is 0 Å². The summed E-state index contributed by atoms with van der Waals surface area (Å²) in [4.78, 5) is 16.8. The molecule has 0 radical (unpaired) electrons. The van der Waals surface area contributed by atoms with E-state index in [1.807, 2.05) is 11.9 Å². The molecule has 0 aromatic carbocycles. The van der Waals surface area contributed by atoms with Crippen LogP contribution in [-0.2, 0) is 23.1 Å². The summed E-state index contributed by atoms with van der Waals surface area (Å²) in [6, 6.07) is 0. The first-order valence-corrected chi connectivity index (χ1v) is 9.21. The molecule has 0 bridgehead atoms. The SMILES string of the molecule is CC1=CCCN(C(=O)C(CNCc2cnn(C)n2)C2CCOCC2)C1. The van der Waals surface area contributed by atoms with Crippen molar-refractivity contribution in [3.05, 3.63) is 23.5 Å². The highest BCUT2D eigenvalue weighted by molar-refractivity contribution is 5.80. The first-order chi connectivity index (χ1) is 12.1. The van der Waals surface area contributed by atoms with Gasteiger partial charge < -0.3 is 15.0 Å². The fraction of sp³-hybridized carbons (Fsp3) is 0.722. The normalized spacial score (nSPS) is 20.4. The molecule has 0 spiro atoms. The Labute approximate surface area is 149 Å². The van der Waals surface area contributed by atoms with Gasteiger partial charge in [0, 0.05) is 46.4 Å². The zero-order valence-electron chi connectivity index (χ0n) is 15.3. The molecular weight excluding hydrogens is 318 g/mol. The maximum absolute atomic E-state index is 13.2. The van der Waals surface area contributed by atoms with E-state index in [0.29, 0.717) is 19.0 Å². The zero-order valence-corrected chi connectivity index (χ0v) is 15.3. The van der Waals surface area contributed by atoms with Crippen molar-refractivity contribution < 1.29 is 9.53 Å². The molecule has 7 nitrogen and oxygen atoms in total. The standard InChI is InChI=1S/C18H29N5O2/c1-14-4-3-7-23(13-14)18(24)17(15-5-8-25-9-6-15)12-19-10-16-11-20-22(2)21-16/h4,11,15,17,19H,3,5-10,12-13H2,1-2H3. The zero-order chi connectivity index (χ0) is 17.6. The van der Waals surface area contributed by atoms with Crippen molar-refractivity contribution in [2.24, 2.45) is 18.9 Å². The summed E-state index contributed by atoms with van der Waals surface area (Å²) in [5.74, 6) is 0.680. The molecule has 2 aliphatic heterocycles. The third-order valence-electron chi connectivity index (χ3n) is 5.11. The van der Waals surface area contributed by atoms with Crippen molar-refractivity contribution in [3.63, 3.8) is 0 Å². The molecule has 1 amide bonds. The van der Waals surface area contributed by atoms with Crippen LogP contribution in [0.1, 0.15) is 31.9 Å². The largest absolute Gasteiger partial charge is 0.381 e. The minimum atomic E-state index is 0.00599. The average Bonchev–Trinajstić information content (AvgIpc) is 3.04. The van der Waals surface area contributed by atoms with Gasteiger partial charge in [0.05, 0.1) is 17.8 Å². The molecule has 1 atom stereocenters. The highest BCUT2D eigenvalue weighted by atomic mass is 16.5. The van der Waals surface area contributed by atoms with Gasteiger partial charge in [-0.1, -0.05) is 11.6 Å². The molecule has 138 valence electrons. The van der Waals surface area contributed by atoms with Crippen LogP contribution in [0.3, 0.4) is 0 Å². The Morgan fingerprint density at radius 2 is 2.24 bits per heavy atom. The lowest BCUT2D eigenvalue weighted by Crippen LogP contribution is -2.46. The maximum atomic E-state index is 13.2. The smallest absolute Gasteiger partial charge is 0.227 e. The lowest BCUT2D eigenvalue weighted by molar-refractivity contribution is -0.138. The summed E-state index contributed by atoms with van der Waals surface area (Å²) in [6.07, 6.45) is 6.89. The first kappa shape index (κ1) is 18.1. The fourth-order valence-corrected chi connectivity index (χ4v) is 3.73. The Morgan fingerprint density at radius 3 is 2.92 bits per heavy atom. The summed E-state index contributed by atoms with van der Waals surface area (Å²) < 4.78 is 5.49. The Morgan fingerprint density at radius 1 is 1.44 bits per heavy atom. The Kier molecular flexibility index (Phi) is 6.20. The molecule has 7 heteroatoms. The van der Waals surface area contributed by atoms with Gasteiger partial charge in [0.1, 0.15) is 0 Å². The first-order valence-electron chi connectivity index (χ1n) is 9.21. The minimum Gasteiger partial charge on any atom is -0.381 e. The molecule has 0 saturated carbocycles. The van der Waals surface area contributed by atoms with Crippen LogP contribution in [0.2, 0.25) is 0 Å². The van der Waals surface area contributed by atoms with E-state index in [0.717, 1.165) is 51.3 Å². The predicted octanol–water partition coefficient (Wildman–Crippen LogP) is 1.13. The van der Waals surface area contributed by atoms with Gasteiger partial charge in [0.25, 0.3) is 0 Å². The van der Waals surface area contributed by atoms with Gasteiger partial charge in [0.2, 0.25) is 5.91 Å². The molecule has 0 aliphatic carbocycles. The van der Waals surface area contributed by atoms with Crippen LogP contribution < -0.4 is 5.32 Å².